The van der Waals surface area contributed by atoms with Crippen LogP contribution in [0.2, 0.25) is 0 Å². The SMILES string of the molecule is COc1cc2sc(=NC(=O)c3cc(-c4ccccc4)nc4ccccc34)n(C)c2cc1OC. The Balaban J connectivity index is 1.68. The number of rotatable bonds is 4. The molecule has 0 unspecified atom stereocenters. The van der Waals surface area contributed by atoms with E-state index < -0.39 is 0 Å². The van der Waals surface area contributed by atoms with Gasteiger partial charge in [0.2, 0.25) is 0 Å². The summed E-state index contributed by atoms with van der Waals surface area (Å²) < 4.78 is 13.7. The normalized spacial score (nSPS) is 11.8. The largest absolute Gasteiger partial charge is 0.493 e. The predicted molar refractivity (Wildman–Crippen MR) is 131 cm³/mol. The van der Waals surface area contributed by atoms with E-state index in [1.807, 2.05) is 84.4 Å². The molecule has 33 heavy (non-hydrogen) atoms. The van der Waals surface area contributed by atoms with E-state index >= 15 is 0 Å². The van der Waals surface area contributed by atoms with E-state index in [-0.39, 0.29) is 5.91 Å². The molecule has 1 amide bonds. The minimum Gasteiger partial charge on any atom is -0.493 e. The number of hydrogen-bond acceptors (Lipinski definition) is 5. The summed E-state index contributed by atoms with van der Waals surface area (Å²) in [4.78, 5) is 23.3. The van der Waals surface area contributed by atoms with Crippen molar-refractivity contribution in [2.75, 3.05) is 14.2 Å². The van der Waals surface area contributed by atoms with Crippen LogP contribution in [-0.2, 0) is 7.05 Å². The molecule has 0 aliphatic heterocycles. The number of fused-ring (bicyclic) bond motifs is 2. The molecule has 0 aliphatic carbocycles. The molecule has 5 aromatic rings. The highest BCUT2D eigenvalue weighted by Gasteiger charge is 2.15. The maximum Gasteiger partial charge on any atom is 0.280 e. The summed E-state index contributed by atoms with van der Waals surface area (Å²) in [5.41, 5.74) is 3.88. The fraction of sp³-hybridized carbons (Fsp3) is 0.115. The van der Waals surface area contributed by atoms with E-state index in [1.54, 1.807) is 14.2 Å². The summed E-state index contributed by atoms with van der Waals surface area (Å²) in [6.07, 6.45) is 0. The number of thiazole rings is 1. The van der Waals surface area contributed by atoms with Crippen LogP contribution in [-0.4, -0.2) is 29.7 Å². The molecule has 0 aliphatic rings. The molecule has 0 spiro atoms. The van der Waals surface area contributed by atoms with Crippen molar-refractivity contribution >= 4 is 38.4 Å². The Hall–Kier alpha value is -3.97. The van der Waals surface area contributed by atoms with Gasteiger partial charge in [-0.05, 0) is 12.1 Å². The highest BCUT2D eigenvalue weighted by Crippen LogP contribution is 2.33. The lowest BCUT2D eigenvalue weighted by atomic mass is 10.0. The third-order valence-corrected chi connectivity index (χ3v) is 6.62. The number of para-hydroxylation sites is 1. The molecule has 0 N–H and O–H groups in total. The van der Waals surface area contributed by atoms with Gasteiger partial charge in [-0.1, -0.05) is 59.9 Å². The van der Waals surface area contributed by atoms with Gasteiger partial charge < -0.3 is 14.0 Å². The molecule has 0 bridgehead atoms. The number of aromatic nitrogens is 2. The summed E-state index contributed by atoms with van der Waals surface area (Å²) in [7, 11) is 5.09. The number of aryl methyl sites for hydroxylation is 1. The molecule has 0 radical (unpaired) electrons. The average molecular weight is 456 g/mol. The first-order valence-electron chi connectivity index (χ1n) is 10.3. The molecular weight excluding hydrogens is 434 g/mol. The van der Waals surface area contributed by atoms with E-state index in [4.69, 9.17) is 14.5 Å². The number of amides is 1. The Kier molecular flexibility index (Phi) is 5.40. The summed E-state index contributed by atoms with van der Waals surface area (Å²) in [5.74, 6) is 0.952. The van der Waals surface area contributed by atoms with Gasteiger partial charge in [-0.15, -0.1) is 0 Å². The minimum atomic E-state index is -0.313. The summed E-state index contributed by atoms with van der Waals surface area (Å²) in [6.45, 7) is 0. The number of carbonyl (C=O) groups is 1. The summed E-state index contributed by atoms with van der Waals surface area (Å²) >= 11 is 1.43. The van der Waals surface area contributed by atoms with Crippen LogP contribution in [0.15, 0.2) is 77.8 Å². The molecular formula is C26H21N3O3S. The Labute approximate surface area is 194 Å². The highest BCUT2D eigenvalue weighted by molar-refractivity contribution is 7.16. The predicted octanol–water partition coefficient (Wildman–Crippen LogP) is 5.21. The fourth-order valence-electron chi connectivity index (χ4n) is 3.82. The minimum absolute atomic E-state index is 0.313. The number of nitrogens with zero attached hydrogens (tertiary/aromatic N) is 3. The highest BCUT2D eigenvalue weighted by atomic mass is 32.1. The van der Waals surface area contributed by atoms with Crippen molar-refractivity contribution < 1.29 is 14.3 Å². The van der Waals surface area contributed by atoms with Gasteiger partial charge in [0, 0.05) is 30.1 Å². The van der Waals surface area contributed by atoms with Gasteiger partial charge in [-0.2, -0.15) is 4.99 Å². The first kappa shape index (κ1) is 20.9. The third-order valence-electron chi connectivity index (χ3n) is 5.53. The third kappa shape index (κ3) is 3.76. The van der Waals surface area contributed by atoms with E-state index in [1.165, 1.54) is 11.3 Å². The number of carbonyl (C=O) groups excluding carboxylic acids is 1. The second kappa shape index (κ2) is 8.52. The van der Waals surface area contributed by atoms with E-state index in [0.29, 0.717) is 21.9 Å². The van der Waals surface area contributed by atoms with Crippen LogP contribution < -0.4 is 14.3 Å². The number of benzene rings is 3. The fourth-order valence-corrected chi connectivity index (χ4v) is 4.84. The van der Waals surface area contributed by atoms with Gasteiger partial charge >= 0.3 is 0 Å². The zero-order valence-corrected chi connectivity index (χ0v) is 19.2. The molecule has 2 aromatic heterocycles. The molecule has 0 saturated heterocycles. The molecule has 0 fully saturated rings. The number of pyridine rings is 1. The first-order valence-corrected chi connectivity index (χ1v) is 11.2. The number of methoxy groups -OCH3 is 2. The second-order valence-corrected chi connectivity index (χ2v) is 8.48. The lowest BCUT2D eigenvalue weighted by molar-refractivity contribution is 0.0999. The van der Waals surface area contributed by atoms with E-state index in [2.05, 4.69) is 4.99 Å². The Bertz CT molecular complexity index is 1570. The molecule has 5 rings (SSSR count). The van der Waals surface area contributed by atoms with Crippen LogP contribution in [0.1, 0.15) is 10.4 Å². The topological polar surface area (TPSA) is 65.7 Å². The molecule has 164 valence electrons. The Morgan fingerprint density at radius 2 is 1.64 bits per heavy atom. The molecule has 0 atom stereocenters. The standard InChI is InChI=1S/C26H21N3O3S/c1-29-21-14-22(31-2)23(32-3)15-24(21)33-26(29)28-25(30)18-13-20(16-9-5-4-6-10-16)27-19-12-8-7-11-17(18)19/h4-15H,1-3H3. The van der Waals surface area contributed by atoms with E-state index in [9.17, 15) is 4.79 Å². The molecule has 0 saturated carbocycles. The lowest BCUT2D eigenvalue weighted by Gasteiger charge is -2.08. The zero-order valence-electron chi connectivity index (χ0n) is 18.4. The molecule has 3 aromatic carbocycles. The van der Waals surface area contributed by atoms with Crippen molar-refractivity contribution in [3.8, 4) is 22.8 Å². The van der Waals surface area contributed by atoms with Gasteiger partial charge in [0.15, 0.2) is 16.3 Å². The van der Waals surface area contributed by atoms with Crippen LogP contribution in [0, 0.1) is 0 Å². The van der Waals surface area contributed by atoms with Crippen molar-refractivity contribution in [1.29, 1.82) is 0 Å². The maximum atomic E-state index is 13.4. The van der Waals surface area contributed by atoms with Gasteiger partial charge in [-0.25, -0.2) is 4.98 Å². The Morgan fingerprint density at radius 1 is 0.939 bits per heavy atom. The van der Waals surface area contributed by atoms with Crippen molar-refractivity contribution in [2.45, 2.75) is 0 Å². The summed E-state index contributed by atoms with van der Waals surface area (Å²) in [6, 6.07) is 23.1. The quantitative estimate of drug-likeness (QED) is 0.373. The van der Waals surface area contributed by atoms with Crippen molar-refractivity contribution in [2.24, 2.45) is 12.0 Å². The van der Waals surface area contributed by atoms with Crippen LogP contribution in [0.4, 0.5) is 0 Å². The smallest absolute Gasteiger partial charge is 0.280 e. The van der Waals surface area contributed by atoms with Gasteiger partial charge in [-0.3, -0.25) is 4.79 Å². The van der Waals surface area contributed by atoms with Crippen LogP contribution in [0.3, 0.4) is 0 Å². The van der Waals surface area contributed by atoms with Crippen LogP contribution >= 0.6 is 11.3 Å². The van der Waals surface area contributed by atoms with Gasteiger partial charge in [0.25, 0.3) is 5.91 Å². The second-order valence-electron chi connectivity index (χ2n) is 7.47. The van der Waals surface area contributed by atoms with Gasteiger partial charge in [0.05, 0.1) is 41.2 Å². The van der Waals surface area contributed by atoms with Crippen molar-refractivity contribution in [3.63, 3.8) is 0 Å². The average Bonchev–Trinajstić information content (AvgIpc) is 3.16. The van der Waals surface area contributed by atoms with Gasteiger partial charge in [0.1, 0.15) is 0 Å². The van der Waals surface area contributed by atoms with Crippen molar-refractivity contribution in [1.82, 2.24) is 9.55 Å². The molecule has 2 heterocycles. The van der Waals surface area contributed by atoms with Crippen LogP contribution in [0.5, 0.6) is 11.5 Å². The lowest BCUT2D eigenvalue weighted by Crippen LogP contribution is -2.13. The monoisotopic (exact) mass is 455 g/mol. The molecule has 6 nitrogen and oxygen atoms in total. The first-order chi connectivity index (χ1) is 16.1. The molecule has 7 heteroatoms. The van der Waals surface area contributed by atoms with E-state index in [0.717, 1.165) is 32.4 Å². The Morgan fingerprint density at radius 3 is 2.39 bits per heavy atom. The maximum absolute atomic E-state index is 13.4. The van der Waals surface area contributed by atoms with Crippen molar-refractivity contribution in [3.05, 3.63) is 83.2 Å². The number of ether oxygens (including phenoxy) is 2. The summed E-state index contributed by atoms with van der Waals surface area (Å²) in [5, 5.41) is 0.776. The van der Waals surface area contributed by atoms with Crippen LogP contribution in [0.25, 0.3) is 32.4 Å². The number of hydrogen-bond donors (Lipinski definition) is 0. The zero-order chi connectivity index (χ0) is 22.9.